The van der Waals surface area contributed by atoms with Gasteiger partial charge in [-0.05, 0) is 24.6 Å². The van der Waals surface area contributed by atoms with E-state index in [0.29, 0.717) is 5.56 Å². The molecule has 1 amide bonds. The van der Waals surface area contributed by atoms with E-state index in [2.05, 4.69) is 5.32 Å². The summed E-state index contributed by atoms with van der Waals surface area (Å²) in [5.74, 6) is -2.18. The zero-order valence-electron chi connectivity index (χ0n) is 8.74. The average Bonchev–Trinajstić information content (AvgIpc) is 2.16. The van der Waals surface area contributed by atoms with Gasteiger partial charge in [-0.1, -0.05) is 12.1 Å². The fourth-order valence-corrected chi connectivity index (χ4v) is 1.29. The van der Waals surface area contributed by atoms with Crippen molar-refractivity contribution in [2.24, 2.45) is 0 Å². The van der Waals surface area contributed by atoms with E-state index in [9.17, 15) is 14.0 Å². The van der Waals surface area contributed by atoms with Crippen molar-refractivity contribution in [3.8, 4) is 0 Å². The van der Waals surface area contributed by atoms with Gasteiger partial charge in [0.1, 0.15) is 12.2 Å². The molecule has 1 aromatic rings. The standard InChI is InChI=1S/C11H12FNO3/c1-7(13-10(14)6-11(15)16)8-3-2-4-9(12)5-8/h2-5,7H,6H2,1H3,(H,13,14)(H,15,16). The van der Waals surface area contributed by atoms with Crippen molar-refractivity contribution in [1.29, 1.82) is 0 Å². The van der Waals surface area contributed by atoms with Crippen LogP contribution in [0.3, 0.4) is 0 Å². The lowest BCUT2D eigenvalue weighted by Gasteiger charge is -2.13. The Morgan fingerprint density at radius 2 is 2.19 bits per heavy atom. The largest absolute Gasteiger partial charge is 0.481 e. The van der Waals surface area contributed by atoms with Crippen LogP contribution in [0.4, 0.5) is 4.39 Å². The van der Waals surface area contributed by atoms with E-state index in [1.165, 1.54) is 18.2 Å². The lowest BCUT2D eigenvalue weighted by molar-refractivity contribution is -0.140. The smallest absolute Gasteiger partial charge is 0.312 e. The Bertz CT molecular complexity index is 406. The summed E-state index contributed by atoms with van der Waals surface area (Å²) in [6, 6.07) is 5.38. The third-order valence-corrected chi connectivity index (χ3v) is 2.04. The van der Waals surface area contributed by atoms with Crippen molar-refractivity contribution in [2.45, 2.75) is 19.4 Å². The molecule has 0 aliphatic heterocycles. The van der Waals surface area contributed by atoms with E-state index < -0.39 is 30.2 Å². The highest BCUT2D eigenvalue weighted by molar-refractivity contribution is 5.93. The van der Waals surface area contributed by atoms with E-state index in [4.69, 9.17) is 5.11 Å². The molecule has 16 heavy (non-hydrogen) atoms. The fraction of sp³-hybridized carbons (Fsp3) is 0.273. The number of aliphatic carboxylic acids is 1. The minimum absolute atomic E-state index is 0.392. The van der Waals surface area contributed by atoms with Gasteiger partial charge in [0.25, 0.3) is 0 Å². The number of carboxylic acid groups (broad SMARTS) is 1. The molecule has 0 bridgehead atoms. The van der Waals surface area contributed by atoms with E-state index in [0.717, 1.165) is 0 Å². The second-order valence-corrected chi connectivity index (χ2v) is 3.41. The van der Waals surface area contributed by atoms with E-state index in [-0.39, 0.29) is 0 Å². The first-order valence-electron chi connectivity index (χ1n) is 4.75. The first-order chi connectivity index (χ1) is 7.49. The third kappa shape index (κ3) is 3.68. The summed E-state index contributed by atoms with van der Waals surface area (Å²) in [6.07, 6.45) is -0.584. The number of carboxylic acids is 1. The topological polar surface area (TPSA) is 66.4 Å². The molecule has 4 nitrogen and oxygen atoms in total. The molecule has 2 N–H and O–H groups in total. The maximum absolute atomic E-state index is 12.9. The Kier molecular flexibility index (Phi) is 3.99. The summed E-state index contributed by atoms with van der Waals surface area (Å²) in [6.45, 7) is 1.66. The van der Waals surface area contributed by atoms with Crippen LogP contribution in [0.2, 0.25) is 0 Å². The summed E-state index contributed by atoms with van der Waals surface area (Å²) >= 11 is 0. The third-order valence-electron chi connectivity index (χ3n) is 2.04. The number of nitrogens with one attached hydrogen (secondary N) is 1. The molecule has 86 valence electrons. The molecule has 0 aliphatic carbocycles. The normalized spacial score (nSPS) is 11.9. The SMILES string of the molecule is CC(NC(=O)CC(=O)O)c1cccc(F)c1. The highest BCUT2D eigenvalue weighted by Gasteiger charge is 2.12. The van der Waals surface area contributed by atoms with Crippen LogP contribution in [0.1, 0.15) is 24.9 Å². The number of amides is 1. The number of halogens is 1. The summed E-state index contributed by atoms with van der Waals surface area (Å²) < 4.78 is 12.9. The van der Waals surface area contributed by atoms with Gasteiger partial charge in [0.2, 0.25) is 5.91 Å². The molecule has 0 fully saturated rings. The maximum atomic E-state index is 12.9. The summed E-state index contributed by atoms with van der Waals surface area (Å²) in [4.78, 5) is 21.4. The molecule has 0 aliphatic rings. The van der Waals surface area contributed by atoms with Gasteiger partial charge in [-0.2, -0.15) is 0 Å². The maximum Gasteiger partial charge on any atom is 0.312 e. The zero-order valence-corrected chi connectivity index (χ0v) is 8.74. The monoisotopic (exact) mass is 225 g/mol. The van der Waals surface area contributed by atoms with E-state index in [1.54, 1.807) is 13.0 Å². The van der Waals surface area contributed by atoms with Gasteiger partial charge in [-0.3, -0.25) is 9.59 Å². The van der Waals surface area contributed by atoms with Crippen LogP contribution >= 0.6 is 0 Å². The Labute approximate surface area is 92.1 Å². The average molecular weight is 225 g/mol. The van der Waals surface area contributed by atoms with Crippen LogP contribution in [-0.2, 0) is 9.59 Å². The van der Waals surface area contributed by atoms with Crippen LogP contribution in [0.15, 0.2) is 24.3 Å². The van der Waals surface area contributed by atoms with Crippen LogP contribution in [-0.4, -0.2) is 17.0 Å². The second-order valence-electron chi connectivity index (χ2n) is 3.41. The van der Waals surface area contributed by atoms with E-state index >= 15 is 0 Å². The fourth-order valence-electron chi connectivity index (χ4n) is 1.29. The van der Waals surface area contributed by atoms with Crippen LogP contribution in [0, 0.1) is 5.82 Å². The van der Waals surface area contributed by atoms with Gasteiger partial charge < -0.3 is 10.4 Å². The molecule has 0 saturated heterocycles. The number of hydrogen-bond donors (Lipinski definition) is 2. The molecule has 0 spiro atoms. The van der Waals surface area contributed by atoms with Crippen molar-refractivity contribution in [3.63, 3.8) is 0 Å². The minimum atomic E-state index is -1.19. The first kappa shape index (κ1) is 12.2. The molecule has 0 radical (unpaired) electrons. The molecule has 0 aromatic heterocycles. The molecular weight excluding hydrogens is 213 g/mol. The molecule has 1 atom stereocenters. The van der Waals surface area contributed by atoms with Crippen LogP contribution < -0.4 is 5.32 Å². The van der Waals surface area contributed by atoms with Gasteiger partial charge in [0.05, 0.1) is 6.04 Å². The van der Waals surface area contributed by atoms with Gasteiger partial charge in [-0.15, -0.1) is 0 Å². The molecule has 5 heteroatoms. The Balaban J connectivity index is 2.62. The van der Waals surface area contributed by atoms with Crippen molar-refractivity contribution in [2.75, 3.05) is 0 Å². The zero-order chi connectivity index (χ0) is 12.1. The van der Waals surface area contributed by atoms with Gasteiger partial charge in [0.15, 0.2) is 0 Å². The Hall–Kier alpha value is -1.91. The number of carbonyl (C=O) groups excluding carboxylic acids is 1. The lowest BCUT2D eigenvalue weighted by Crippen LogP contribution is -2.28. The summed E-state index contributed by atoms with van der Waals surface area (Å²) in [5.41, 5.74) is 0.596. The second kappa shape index (κ2) is 5.25. The first-order valence-corrected chi connectivity index (χ1v) is 4.75. The molecule has 1 rings (SSSR count). The quantitative estimate of drug-likeness (QED) is 0.763. The molecule has 1 aromatic carbocycles. The minimum Gasteiger partial charge on any atom is -0.481 e. The molecular formula is C11H12FNO3. The predicted molar refractivity (Wildman–Crippen MR) is 55.2 cm³/mol. The number of rotatable bonds is 4. The van der Waals surface area contributed by atoms with Gasteiger partial charge in [0, 0.05) is 0 Å². The van der Waals surface area contributed by atoms with Crippen molar-refractivity contribution in [1.82, 2.24) is 5.32 Å². The number of hydrogen-bond acceptors (Lipinski definition) is 2. The van der Waals surface area contributed by atoms with Crippen molar-refractivity contribution in [3.05, 3.63) is 35.6 Å². The number of carbonyl (C=O) groups is 2. The molecule has 0 saturated carbocycles. The number of benzene rings is 1. The highest BCUT2D eigenvalue weighted by atomic mass is 19.1. The van der Waals surface area contributed by atoms with Crippen molar-refractivity contribution >= 4 is 11.9 Å². The van der Waals surface area contributed by atoms with E-state index in [1.807, 2.05) is 0 Å². The Morgan fingerprint density at radius 3 is 2.75 bits per heavy atom. The Morgan fingerprint density at radius 1 is 1.50 bits per heavy atom. The summed E-state index contributed by atoms with van der Waals surface area (Å²) in [5, 5.41) is 10.9. The van der Waals surface area contributed by atoms with Gasteiger partial charge >= 0.3 is 5.97 Å². The predicted octanol–water partition coefficient (Wildman–Crippen LogP) is 1.48. The van der Waals surface area contributed by atoms with Gasteiger partial charge in [-0.25, -0.2) is 4.39 Å². The molecule has 1 unspecified atom stereocenters. The lowest BCUT2D eigenvalue weighted by atomic mass is 10.1. The molecule has 0 heterocycles. The van der Waals surface area contributed by atoms with Crippen LogP contribution in [0.5, 0.6) is 0 Å². The highest BCUT2D eigenvalue weighted by Crippen LogP contribution is 2.13. The van der Waals surface area contributed by atoms with Crippen LogP contribution in [0.25, 0.3) is 0 Å². The van der Waals surface area contributed by atoms with Crippen molar-refractivity contribution < 1.29 is 19.1 Å². The summed E-state index contributed by atoms with van der Waals surface area (Å²) in [7, 11) is 0.